The first-order valence-corrected chi connectivity index (χ1v) is 4.78. The summed E-state index contributed by atoms with van der Waals surface area (Å²) in [6, 6.07) is 7.84. The van der Waals surface area contributed by atoms with Crippen LogP contribution in [0.2, 0.25) is 0 Å². The van der Waals surface area contributed by atoms with Crippen LogP contribution < -0.4 is 10.1 Å². The Balaban J connectivity index is 2.33. The first-order chi connectivity index (χ1) is 6.31. The second-order valence-corrected chi connectivity index (χ2v) is 3.44. The van der Waals surface area contributed by atoms with Crippen LogP contribution in [0.4, 0.5) is 5.69 Å². The largest absolute Gasteiger partial charge is 0.481 e. The van der Waals surface area contributed by atoms with Crippen molar-refractivity contribution < 1.29 is 4.74 Å². The first kappa shape index (κ1) is 8.51. The van der Waals surface area contributed by atoms with Gasteiger partial charge in [0, 0.05) is 0 Å². The molecule has 1 atom stereocenters. The fraction of sp³-hybridized carbons (Fsp3) is 0.300. The van der Waals surface area contributed by atoms with Crippen LogP contribution >= 0.6 is 12.2 Å². The van der Waals surface area contributed by atoms with Crippen molar-refractivity contribution in [2.45, 2.75) is 19.4 Å². The summed E-state index contributed by atoms with van der Waals surface area (Å²) in [5.41, 5.74) is 0.970. The van der Waals surface area contributed by atoms with E-state index in [2.05, 4.69) is 12.2 Å². The van der Waals surface area contributed by atoms with E-state index >= 15 is 0 Å². The lowest BCUT2D eigenvalue weighted by Gasteiger charge is -2.26. The fourth-order valence-corrected chi connectivity index (χ4v) is 1.69. The highest BCUT2D eigenvalue weighted by molar-refractivity contribution is 7.80. The molecule has 0 fully saturated rings. The maximum Gasteiger partial charge on any atom is 0.149 e. The van der Waals surface area contributed by atoms with Crippen LogP contribution in [0.5, 0.6) is 5.75 Å². The number of benzene rings is 1. The van der Waals surface area contributed by atoms with Gasteiger partial charge in [-0.2, -0.15) is 0 Å². The molecule has 0 aliphatic carbocycles. The lowest BCUT2D eigenvalue weighted by atomic mass is 10.2. The zero-order valence-corrected chi connectivity index (χ0v) is 8.23. The zero-order valence-electron chi connectivity index (χ0n) is 7.41. The van der Waals surface area contributed by atoms with Gasteiger partial charge in [-0.25, -0.2) is 0 Å². The van der Waals surface area contributed by atoms with Gasteiger partial charge in [-0.15, -0.1) is 0 Å². The number of anilines is 1. The third kappa shape index (κ3) is 1.52. The number of para-hydroxylation sites is 2. The second kappa shape index (κ2) is 3.34. The minimum atomic E-state index is 0.0323. The van der Waals surface area contributed by atoms with Gasteiger partial charge in [0.1, 0.15) is 16.8 Å². The van der Waals surface area contributed by atoms with Gasteiger partial charge in [0.25, 0.3) is 0 Å². The van der Waals surface area contributed by atoms with Crippen molar-refractivity contribution in [3.8, 4) is 5.75 Å². The molecule has 1 aliphatic rings. The molecule has 2 rings (SSSR count). The van der Waals surface area contributed by atoms with Crippen LogP contribution in [-0.4, -0.2) is 11.1 Å². The summed E-state index contributed by atoms with van der Waals surface area (Å²) in [7, 11) is 0. The zero-order chi connectivity index (χ0) is 9.26. The van der Waals surface area contributed by atoms with E-state index in [1.165, 1.54) is 0 Å². The Kier molecular flexibility index (Phi) is 2.19. The monoisotopic (exact) mass is 193 g/mol. The molecule has 0 bridgehead atoms. The normalized spacial score (nSPS) is 20.1. The van der Waals surface area contributed by atoms with Gasteiger partial charge in [-0.1, -0.05) is 31.3 Å². The molecule has 1 heterocycles. The van der Waals surface area contributed by atoms with E-state index in [0.29, 0.717) is 0 Å². The predicted octanol–water partition coefficient (Wildman–Crippen LogP) is 2.60. The van der Waals surface area contributed by atoms with E-state index in [9.17, 15) is 0 Å². The van der Waals surface area contributed by atoms with E-state index in [0.717, 1.165) is 22.8 Å². The molecule has 0 amide bonds. The molecule has 1 N–H and O–H groups in total. The highest BCUT2D eigenvalue weighted by Crippen LogP contribution is 2.29. The van der Waals surface area contributed by atoms with Gasteiger partial charge >= 0.3 is 0 Å². The molecule has 0 spiro atoms. The van der Waals surface area contributed by atoms with Gasteiger partial charge < -0.3 is 10.1 Å². The van der Waals surface area contributed by atoms with Crippen molar-refractivity contribution in [3.05, 3.63) is 24.3 Å². The molecule has 0 radical (unpaired) electrons. The van der Waals surface area contributed by atoms with E-state index in [-0.39, 0.29) is 6.10 Å². The Morgan fingerprint density at radius 3 is 3.00 bits per heavy atom. The fourth-order valence-electron chi connectivity index (χ4n) is 1.36. The highest BCUT2D eigenvalue weighted by atomic mass is 32.1. The Hall–Kier alpha value is -1.09. The third-order valence-corrected chi connectivity index (χ3v) is 2.44. The molecular weight excluding hydrogens is 182 g/mol. The number of rotatable bonds is 1. The summed E-state index contributed by atoms with van der Waals surface area (Å²) in [5.74, 6) is 0.892. The van der Waals surface area contributed by atoms with E-state index in [1.54, 1.807) is 0 Å². The number of ether oxygens (including phenoxy) is 1. The number of hydrogen-bond acceptors (Lipinski definition) is 2. The summed E-state index contributed by atoms with van der Waals surface area (Å²) >= 11 is 5.17. The SMILES string of the molecule is CCC1Oc2ccccc2NC1=S. The van der Waals surface area contributed by atoms with Crippen molar-refractivity contribution in [1.82, 2.24) is 0 Å². The number of thiocarbonyl (C=S) groups is 1. The molecule has 0 aromatic heterocycles. The minimum Gasteiger partial charge on any atom is -0.481 e. The predicted molar refractivity (Wildman–Crippen MR) is 57.4 cm³/mol. The maximum atomic E-state index is 5.69. The van der Waals surface area contributed by atoms with Crippen molar-refractivity contribution in [2.75, 3.05) is 5.32 Å². The molecule has 1 unspecified atom stereocenters. The quantitative estimate of drug-likeness (QED) is 0.693. The highest BCUT2D eigenvalue weighted by Gasteiger charge is 2.21. The Bertz CT molecular complexity index is 337. The lowest BCUT2D eigenvalue weighted by molar-refractivity contribution is 0.261. The van der Waals surface area contributed by atoms with Crippen LogP contribution in [0.25, 0.3) is 0 Å². The minimum absolute atomic E-state index is 0.0323. The summed E-state index contributed by atoms with van der Waals surface area (Å²) in [6.07, 6.45) is 0.935. The van der Waals surface area contributed by atoms with Crippen LogP contribution in [-0.2, 0) is 0 Å². The number of nitrogens with one attached hydrogen (secondary N) is 1. The number of hydrogen-bond donors (Lipinski definition) is 1. The topological polar surface area (TPSA) is 21.3 Å². The summed E-state index contributed by atoms with van der Waals surface area (Å²) in [6.45, 7) is 2.06. The van der Waals surface area contributed by atoms with Gasteiger partial charge in [-0.3, -0.25) is 0 Å². The standard InChI is InChI=1S/C10H11NOS/c1-2-8-10(13)11-7-5-3-4-6-9(7)12-8/h3-6,8H,2H2,1H3,(H,11,13). The maximum absolute atomic E-state index is 5.69. The van der Waals surface area contributed by atoms with Crippen molar-refractivity contribution in [1.29, 1.82) is 0 Å². The van der Waals surface area contributed by atoms with Gasteiger partial charge in [0.15, 0.2) is 0 Å². The van der Waals surface area contributed by atoms with Gasteiger partial charge in [0.05, 0.1) is 5.69 Å². The van der Waals surface area contributed by atoms with Gasteiger partial charge in [-0.05, 0) is 18.6 Å². The van der Waals surface area contributed by atoms with Crippen LogP contribution in [0.3, 0.4) is 0 Å². The van der Waals surface area contributed by atoms with Crippen molar-refractivity contribution in [3.63, 3.8) is 0 Å². The molecule has 1 aromatic rings. The molecule has 1 aromatic carbocycles. The summed E-state index contributed by atoms with van der Waals surface area (Å²) < 4.78 is 5.69. The molecule has 1 aliphatic heterocycles. The molecule has 2 nitrogen and oxygen atoms in total. The van der Waals surface area contributed by atoms with Crippen molar-refractivity contribution >= 4 is 22.9 Å². The van der Waals surface area contributed by atoms with Crippen LogP contribution in [0.1, 0.15) is 13.3 Å². The van der Waals surface area contributed by atoms with E-state index in [1.807, 2.05) is 24.3 Å². The molecule has 0 saturated heterocycles. The van der Waals surface area contributed by atoms with Crippen LogP contribution in [0, 0.1) is 0 Å². The van der Waals surface area contributed by atoms with E-state index in [4.69, 9.17) is 17.0 Å². The Labute approximate surface area is 82.9 Å². The Morgan fingerprint density at radius 1 is 1.46 bits per heavy atom. The van der Waals surface area contributed by atoms with Crippen molar-refractivity contribution in [2.24, 2.45) is 0 Å². The van der Waals surface area contributed by atoms with Crippen LogP contribution in [0.15, 0.2) is 24.3 Å². The summed E-state index contributed by atoms with van der Waals surface area (Å²) in [5, 5.41) is 3.17. The molecule has 13 heavy (non-hydrogen) atoms. The summed E-state index contributed by atoms with van der Waals surface area (Å²) in [4.78, 5) is 0.779. The number of fused-ring (bicyclic) bond motifs is 1. The average Bonchev–Trinajstić information content (AvgIpc) is 2.17. The van der Waals surface area contributed by atoms with Gasteiger partial charge in [0.2, 0.25) is 0 Å². The second-order valence-electron chi connectivity index (χ2n) is 3.00. The molecule has 3 heteroatoms. The molecular formula is C10H11NOS. The third-order valence-electron chi connectivity index (χ3n) is 2.08. The average molecular weight is 193 g/mol. The first-order valence-electron chi connectivity index (χ1n) is 4.38. The lowest BCUT2D eigenvalue weighted by Crippen LogP contribution is -2.34. The smallest absolute Gasteiger partial charge is 0.149 e. The molecule has 68 valence electrons. The Morgan fingerprint density at radius 2 is 2.23 bits per heavy atom. The molecule has 0 saturated carbocycles. The van der Waals surface area contributed by atoms with E-state index < -0.39 is 0 Å².